The zero-order valence-corrected chi connectivity index (χ0v) is 15.1. The van der Waals surface area contributed by atoms with Gasteiger partial charge in [-0.15, -0.1) is 0 Å². The van der Waals surface area contributed by atoms with Crippen molar-refractivity contribution in [2.24, 2.45) is 0 Å². The molecule has 0 bridgehead atoms. The molecule has 0 saturated heterocycles. The summed E-state index contributed by atoms with van der Waals surface area (Å²) >= 11 is 0. The van der Waals surface area contributed by atoms with Crippen molar-refractivity contribution in [3.63, 3.8) is 0 Å². The van der Waals surface area contributed by atoms with Gasteiger partial charge in [-0.05, 0) is 36.8 Å². The van der Waals surface area contributed by atoms with E-state index in [4.69, 9.17) is 0 Å². The Morgan fingerprint density at radius 1 is 1.18 bits per heavy atom. The van der Waals surface area contributed by atoms with E-state index in [1.165, 1.54) is 6.07 Å². The van der Waals surface area contributed by atoms with Crippen LogP contribution in [-0.2, 0) is 0 Å². The number of amides is 2. The molecule has 2 amide bonds. The topological polar surface area (TPSA) is 75.5 Å². The van der Waals surface area contributed by atoms with Crippen LogP contribution >= 0.6 is 0 Å². The zero-order chi connectivity index (χ0) is 19.9. The number of rotatable bonds is 4. The third-order valence-electron chi connectivity index (χ3n) is 4.77. The molecule has 1 aromatic carbocycles. The van der Waals surface area contributed by atoms with Crippen molar-refractivity contribution in [2.45, 2.75) is 31.7 Å². The number of nitrogens with zero attached hydrogens (tertiary/aromatic N) is 2. The average Bonchev–Trinajstić information content (AvgIpc) is 3.06. The fraction of sp³-hybridized carbons (Fsp3) is 0.250. The highest BCUT2D eigenvalue weighted by Gasteiger charge is 2.45. The van der Waals surface area contributed by atoms with Gasteiger partial charge in [-0.25, -0.2) is 13.8 Å². The number of anilines is 1. The third kappa shape index (κ3) is 3.58. The number of pyridine rings is 1. The number of carbonyl (C=O) groups excluding carboxylic acids is 2. The molecule has 2 heterocycles. The molecule has 1 aliphatic rings. The summed E-state index contributed by atoms with van der Waals surface area (Å²) in [6.07, 6.45) is 2.72. The van der Waals surface area contributed by atoms with Crippen LogP contribution in [0.5, 0.6) is 0 Å². The Morgan fingerprint density at radius 2 is 1.96 bits per heavy atom. The first kappa shape index (κ1) is 18.1. The number of hydrogen-bond acceptors (Lipinski definition) is 3. The van der Waals surface area contributed by atoms with Crippen LogP contribution in [0.4, 0.5) is 14.5 Å². The highest BCUT2D eigenvalue weighted by Crippen LogP contribution is 2.37. The van der Waals surface area contributed by atoms with Gasteiger partial charge in [-0.1, -0.05) is 12.1 Å². The Bertz CT molecular complexity index is 1040. The number of aromatic nitrogens is 2. The molecule has 1 aliphatic carbocycles. The van der Waals surface area contributed by atoms with Crippen molar-refractivity contribution in [3.05, 3.63) is 65.6 Å². The third-order valence-corrected chi connectivity index (χ3v) is 4.77. The minimum absolute atomic E-state index is 0.247. The lowest BCUT2D eigenvalue weighted by Crippen LogP contribution is -2.50. The Hall–Kier alpha value is -3.29. The Balaban J connectivity index is 1.49. The molecule has 2 N–H and O–H groups in total. The molecule has 28 heavy (non-hydrogen) atoms. The van der Waals surface area contributed by atoms with Gasteiger partial charge < -0.3 is 15.0 Å². The Morgan fingerprint density at radius 3 is 2.68 bits per heavy atom. The summed E-state index contributed by atoms with van der Waals surface area (Å²) in [4.78, 5) is 29.1. The number of halogens is 2. The molecule has 1 fully saturated rings. The molecule has 0 unspecified atom stereocenters. The van der Waals surface area contributed by atoms with Crippen LogP contribution in [0.25, 0.3) is 5.65 Å². The van der Waals surface area contributed by atoms with Crippen LogP contribution in [0.15, 0.2) is 48.8 Å². The molecule has 4 rings (SSSR count). The van der Waals surface area contributed by atoms with E-state index >= 15 is 0 Å². The van der Waals surface area contributed by atoms with Gasteiger partial charge in [0.25, 0.3) is 17.7 Å². The summed E-state index contributed by atoms with van der Waals surface area (Å²) in [7, 11) is 0. The summed E-state index contributed by atoms with van der Waals surface area (Å²) in [5, 5.41) is 5.35. The maximum Gasteiger partial charge on any atom is 0.275 e. The summed E-state index contributed by atoms with van der Waals surface area (Å²) in [6.45, 7) is 1.80. The van der Waals surface area contributed by atoms with Crippen LogP contribution in [0.3, 0.4) is 0 Å². The minimum Gasteiger partial charge on any atom is -0.349 e. The first-order chi connectivity index (χ1) is 13.3. The van der Waals surface area contributed by atoms with Crippen molar-refractivity contribution in [1.82, 2.24) is 14.7 Å². The van der Waals surface area contributed by atoms with Crippen LogP contribution < -0.4 is 10.6 Å². The lowest BCUT2D eigenvalue weighted by Gasteiger charge is -2.35. The van der Waals surface area contributed by atoms with Crippen molar-refractivity contribution in [1.29, 1.82) is 0 Å². The van der Waals surface area contributed by atoms with Crippen LogP contribution in [0, 0.1) is 6.92 Å². The lowest BCUT2D eigenvalue weighted by molar-refractivity contribution is -0.0901. The van der Waals surface area contributed by atoms with E-state index in [-0.39, 0.29) is 18.5 Å². The largest absolute Gasteiger partial charge is 0.349 e. The molecule has 3 aromatic rings. The first-order valence-electron chi connectivity index (χ1n) is 8.85. The molecule has 1 saturated carbocycles. The Labute approximate surface area is 159 Å². The van der Waals surface area contributed by atoms with Crippen LogP contribution in [0.1, 0.15) is 39.3 Å². The fourth-order valence-electron chi connectivity index (χ4n) is 3.16. The molecular formula is C20H18F2N4O2. The van der Waals surface area contributed by atoms with Crippen molar-refractivity contribution in [3.8, 4) is 0 Å². The van der Waals surface area contributed by atoms with Gasteiger partial charge in [-0.2, -0.15) is 0 Å². The lowest BCUT2D eigenvalue weighted by atomic mass is 9.88. The zero-order valence-electron chi connectivity index (χ0n) is 15.1. The predicted octanol–water partition coefficient (Wildman–Crippen LogP) is 3.42. The highest BCUT2D eigenvalue weighted by atomic mass is 19.3. The molecule has 0 aliphatic heterocycles. The second-order valence-corrected chi connectivity index (χ2v) is 7.01. The molecule has 8 heteroatoms. The van der Waals surface area contributed by atoms with Crippen molar-refractivity contribution in [2.75, 3.05) is 5.32 Å². The number of carbonyl (C=O) groups is 2. The summed E-state index contributed by atoms with van der Waals surface area (Å²) < 4.78 is 27.6. The van der Waals surface area contributed by atoms with Crippen LogP contribution in [0.2, 0.25) is 0 Å². The number of aryl methyl sites for hydroxylation is 1. The van der Waals surface area contributed by atoms with Gasteiger partial charge >= 0.3 is 0 Å². The SMILES string of the molecule is Cc1ccc(C(=O)NC2CC(F)(F)C2)cc1NC(=O)c1cn2ccccc2n1. The molecule has 144 valence electrons. The van der Waals surface area contributed by atoms with E-state index in [9.17, 15) is 18.4 Å². The minimum atomic E-state index is -2.70. The Kier molecular flexibility index (Phi) is 4.33. The summed E-state index contributed by atoms with van der Waals surface area (Å²) in [6, 6.07) is 9.76. The number of fused-ring (bicyclic) bond motifs is 1. The molecule has 0 spiro atoms. The molecule has 0 atom stereocenters. The van der Waals surface area contributed by atoms with E-state index in [0.29, 0.717) is 16.9 Å². The highest BCUT2D eigenvalue weighted by molar-refractivity contribution is 6.04. The fourth-order valence-corrected chi connectivity index (χ4v) is 3.16. The molecule has 0 radical (unpaired) electrons. The normalized spacial score (nSPS) is 15.8. The maximum atomic E-state index is 12.9. The smallest absolute Gasteiger partial charge is 0.275 e. The standard InChI is InChI=1S/C20H18F2N4O2/c1-12-5-6-13(18(27)23-14-9-20(21,22)10-14)8-15(12)25-19(28)16-11-26-7-3-2-4-17(26)24-16/h2-8,11,14H,9-10H2,1H3,(H,23,27)(H,25,28). The monoisotopic (exact) mass is 384 g/mol. The van der Waals surface area contributed by atoms with Gasteiger partial charge in [-0.3, -0.25) is 9.59 Å². The van der Waals surface area contributed by atoms with E-state index < -0.39 is 23.8 Å². The van der Waals surface area contributed by atoms with E-state index in [2.05, 4.69) is 15.6 Å². The predicted molar refractivity (Wildman–Crippen MR) is 99.8 cm³/mol. The number of nitrogens with one attached hydrogen (secondary N) is 2. The average molecular weight is 384 g/mol. The second-order valence-electron chi connectivity index (χ2n) is 7.01. The van der Waals surface area contributed by atoms with E-state index in [1.807, 2.05) is 12.1 Å². The van der Waals surface area contributed by atoms with Gasteiger partial charge in [0, 0.05) is 42.5 Å². The van der Waals surface area contributed by atoms with E-state index in [0.717, 1.165) is 5.56 Å². The number of imidazole rings is 1. The number of benzene rings is 1. The van der Waals surface area contributed by atoms with Crippen molar-refractivity contribution >= 4 is 23.1 Å². The van der Waals surface area contributed by atoms with Gasteiger partial charge in [0.05, 0.1) is 0 Å². The van der Waals surface area contributed by atoms with Gasteiger partial charge in [0.1, 0.15) is 11.3 Å². The molecular weight excluding hydrogens is 366 g/mol. The van der Waals surface area contributed by atoms with Gasteiger partial charge in [0.15, 0.2) is 0 Å². The van der Waals surface area contributed by atoms with Gasteiger partial charge in [0.2, 0.25) is 0 Å². The summed E-state index contributed by atoms with van der Waals surface area (Å²) in [5.41, 5.74) is 2.43. The summed E-state index contributed by atoms with van der Waals surface area (Å²) in [5.74, 6) is -3.54. The number of hydrogen-bond donors (Lipinski definition) is 2. The second kappa shape index (κ2) is 6.70. The number of alkyl halides is 2. The van der Waals surface area contributed by atoms with E-state index in [1.54, 1.807) is 41.9 Å². The maximum absolute atomic E-state index is 12.9. The first-order valence-corrected chi connectivity index (χ1v) is 8.85. The van der Waals surface area contributed by atoms with Crippen LogP contribution in [-0.4, -0.2) is 33.2 Å². The van der Waals surface area contributed by atoms with Crippen molar-refractivity contribution < 1.29 is 18.4 Å². The molecule has 2 aromatic heterocycles. The molecule has 6 nitrogen and oxygen atoms in total. The quantitative estimate of drug-likeness (QED) is 0.724.